The molecule has 0 amide bonds. The van der Waals surface area contributed by atoms with Crippen LogP contribution in [0, 0.1) is 11.8 Å². The maximum Gasteiger partial charge on any atom is -0.00456 e. The lowest BCUT2D eigenvalue weighted by atomic mass is 10.3. The Morgan fingerprint density at radius 3 is 1.62 bits per heavy atom. The summed E-state index contributed by atoms with van der Waals surface area (Å²) in [5.41, 5.74) is 10.7. The molecular formula is C5H13ClN2. The summed E-state index contributed by atoms with van der Waals surface area (Å²) in [5, 5.41) is 0. The highest BCUT2D eigenvalue weighted by Gasteiger charge is 2.33. The minimum atomic E-state index is 0. The van der Waals surface area contributed by atoms with Gasteiger partial charge < -0.3 is 11.5 Å². The van der Waals surface area contributed by atoms with Crippen LogP contribution in [0.3, 0.4) is 0 Å². The Balaban J connectivity index is 0.000000490. The van der Waals surface area contributed by atoms with E-state index in [1.165, 1.54) is 6.42 Å². The molecular weight excluding hydrogens is 124 g/mol. The van der Waals surface area contributed by atoms with Gasteiger partial charge in [0, 0.05) is 0 Å². The number of hydrogen-bond donors (Lipinski definition) is 2. The molecule has 0 aliphatic heterocycles. The van der Waals surface area contributed by atoms with E-state index in [2.05, 4.69) is 0 Å². The zero-order valence-corrected chi connectivity index (χ0v) is 5.66. The summed E-state index contributed by atoms with van der Waals surface area (Å²) in [5.74, 6) is 1.54. The summed E-state index contributed by atoms with van der Waals surface area (Å²) in [6.45, 7) is 1.67. The summed E-state index contributed by atoms with van der Waals surface area (Å²) >= 11 is 0. The second-order valence-corrected chi connectivity index (χ2v) is 2.23. The van der Waals surface area contributed by atoms with Gasteiger partial charge in [0.15, 0.2) is 0 Å². The van der Waals surface area contributed by atoms with Crippen LogP contribution in [-0.4, -0.2) is 13.1 Å². The van der Waals surface area contributed by atoms with Crippen molar-refractivity contribution in [1.82, 2.24) is 0 Å². The van der Waals surface area contributed by atoms with Gasteiger partial charge in [0.2, 0.25) is 0 Å². The molecule has 1 aliphatic rings. The summed E-state index contributed by atoms with van der Waals surface area (Å²) in [6, 6.07) is 0. The second-order valence-electron chi connectivity index (χ2n) is 2.23. The van der Waals surface area contributed by atoms with Crippen molar-refractivity contribution in [2.75, 3.05) is 13.1 Å². The van der Waals surface area contributed by atoms with Gasteiger partial charge in [0.1, 0.15) is 0 Å². The van der Waals surface area contributed by atoms with E-state index in [-0.39, 0.29) is 12.4 Å². The third-order valence-corrected chi connectivity index (χ3v) is 1.67. The molecule has 0 bridgehead atoms. The van der Waals surface area contributed by atoms with Gasteiger partial charge in [0.05, 0.1) is 0 Å². The highest BCUT2D eigenvalue weighted by molar-refractivity contribution is 5.85. The Hall–Kier alpha value is 0.210. The molecule has 0 aromatic rings. The van der Waals surface area contributed by atoms with Crippen molar-refractivity contribution >= 4 is 12.4 Å². The maximum atomic E-state index is 5.34. The number of rotatable bonds is 2. The van der Waals surface area contributed by atoms with Crippen LogP contribution in [0.15, 0.2) is 0 Å². The molecule has 0 radical (unpaired) electrons. The molecule has 4 N–H and O–H groups in total. The van der Waals surface area contributed by atoms with Crippen LogP contribution in [0.1, 0.15) is 6.42 Å². The highest BCUT2D eigenvalue weighted by atomic mass is 35.5. The lowest BCUT2D eigenvalue weighted by Gasteiger charge is -1.86. The van der Waals surface area contributed by atoms with Crippen LogP contribution < -0.4 is 11.5 Å². The molecule has 2 atom stereocenters. The molecule has 1 fully saturated rings. The van der Waals surface area contributed by atoms with Crippen molar-refractivity contribution in [3.05, 3.63) is 0 Å². The Labute approximate surface area is 56.0 Å². The average molecular weight is 137 g/mol. The van der Waals surface area contributed by atoms with Gasteiger partial charge in [-0.25, -0.2) is 0 Å². The van der Waals surface area contributed by atoms with E-state index >= 15 is 0 Å². The topological polar surface area (TPSA) is 52.0 Å². The first-order valence-electron chi connectivity index (χ1n) is 2.78. The molecule has 50 valence electrons. The predicted octanol–water partition coefficient (Wildman–Crippen LogP) is -0.0383. The van der Waals surface area contributed by atoms with Crippen LogP contribution in [0.5, 0.6) is 0 Å². The van der Waals surface area contributed by atoms with E-state index in [0.29, 0.717) is 0 Å². The monoisotopic (exact) mass is 136 g/mol. The van der Waals surface area contributed by atoms with E-state index in [1.54, 1.807) is 0 Å². The van der Waals surface area contributed by atoms with Crippen LogP contribution in [0.4, 0.5) is 0 Å². The molecule has 8 heavy (non-hydrogen) atoms. The summed E-state index contributed by atoms with van der Waals surface area (Å²) < 4.78 is 0. The lowest BCUT2D eigenvalue weighted by Crippen LogP contribution is -2.08. The third kappa shape index (κ3) is 1.62. The van der Waals surface area contributed by atoms with Gasteiger partial charge in [-0.15, -0.1) is 12.4 Å². The maximum absolute atomic E-state index is 5.34. The molecule has 1 saturated carbocycles. The van der Waals surface area contributed by atoms with Gasteiger partial charge in [0.25, 0.3) is 0 Å². The van der Waals surface area contributed by atoms with Gasteiger partial charge in [-0.05, 0) is 31.3 Å². The van der Waals surface area contributed by atoms with Gasteiger partial charge in [-0.3, -0.25) is 0 Å². The molecule has 0 aromatic heterocycles. The van der Waals surface area contributed by atoms with Crippen LogP contribution >= 0.6 is 12.4 Å². The van der Waals surface area contributed by atoms with E-state index < -0.39 is 0 Å². The standard InChI is InChI=1S/C5H12N2.ClH/c6-2-4-1-5(4)3-7;/h4-5H,1-3,6-7H2;1H/t4-,5-;/m0./s1. The normalized spacial score (nSPS) is 33.8. The largest absolute Gasteiger partial charge is 0.330 e. The molecule has 2 nitrogen and oxygen atoms in total. The average Bonchev–Trinajstić information content (AvgIpc) is 2.43. The molecule has 0 aromatic carbocycles. The quantitative estimate of drug-likeness (QED) is 0.560. The van der Waals surface area contributed by atoms with E-state index in [4.69, 9.17) is 11.5 Å². The van der Waals surface area contributed by atoms with Crippen LogP contribution in [-0.2, 0) is 0 Å². The second kappa shape index (κ2) is 3.28. The minimum absolute atomic E-state index is 0. The van der Waals surface area contributed by atoms with E-state index in [1.807, 2.05) is 0 Å². The zero-order chi connectivity index (χ0) is 5.28. The van der Waals surface area contributed by atoms with Gasteiger partial charge in [-0.2, -0.15) is 0 Å². The molecule has 3 heteroatoms. The summed E-state index contributed by atoms with van der Waals surface area (Å²) in [7, 11) is 0. The van der Waals surface area contributed by atoms with E-state index in [9.17, 15) is 0 Å². The Morgan fingerprint density at radius 1 is 1.12 bits per heavy atom. The molecule has 1 rings (SSSR count). The first-order valence-corrected chi connectivity index (χ1v) is 2.78. The van der Waals surface area contributed by atoms with Crippen molar-refractivity contribution in [3.8, 4) is 0 Å². The molecule has 0 spiro atoms. The van der Waals surface area contributed by atoms with Crippen molar-refractivity contribution in [1.29, 1.82) is 0 Å². The summed E-state index contributed by atoms with van der Waals surface area (Å²) in [4.78, 5) is 0. The molecule has 0 unspecified atom stereocenters. The lowest BCUT2D eigenvalue weighted by molar-refractivity contribution is 0.715. The Bertz CT molecular complexity index is 59.4. The van der Waals surface area contributed by atoms with Crippen molar-refractivity contribution in [2.24, 2.45) is 23.3 Å². The fraction of sp³-hybridized carbons (Fsp3) is 1.00. The smallest absolute Gasteiger partial charge is 0.00456 e. The minimum Gasteiger partial charge on any atom is -0.330 e. The predicted molar refractivity (Wildman–Crippen MR) is 37.0 cm³/mol. The fourth-order valence-corrected chi connectivity index (χ4v) is 0.888. The van der Waals surface area contributed by atoms with Gasteiger partial charge >= 0.3 is 0 Å². The highest BCUT2D eigenvalue weighted by Crippen LogP contribution is 2.35. The number of nitrogens with two attached hydrogens (primary N) is 2. The first kappa shape index (κ1) is 8.21. The van der Waals surface area contributed by atoms with Crippen LogP contribution in [0.25, 0.3) is 0 Å². The Morgan fingerprint density at radius 2 is 1.50 bits per heavy atom. The zero-order valence-electron chi connectivity index (χ0n) is 4.84. The SMILES string of the molecule is Cl.NC[C@@H]1C[C@H]1CN. The fourth-order valence-electron chi connectivity index (χ4n) is 0.888. The van der Waals surface area contributed by atoms with Gasteiger partial charge in [-0.1, -0.05) is 0 Å². The van der Waals surface area contributed by atoms with Crippen molar-refractivity contribution in [2.45, 2.75) is 6.42 Å². The van der Waals surface area contributed by atoms with Crippen molar-refractivity contribution in [3.63, 3.8) is 0 Å². The van der Waals surface area contributed by atoms with E-state index in [0.717, 1.165) is 24.9 Å². The third-order valence-electron chi connectivity index (χ3n) is 1.67. The van der Waals surface area contributed by atoms with Crippen LogP contribution in [0.2, 0.25) is 0 Å². The number of halogens is 1. The molecule has 0 saturated heterocycles. The molecule has 0 heterocycles. The number of hydrogen-bond acceptors (Lipinski definition) is 2. The van der Waals surface area contributed by atoms with Crippen molar-refractivity contribution < 1.29 is 0 Å². The summed E-state index contributed by atoms with van der Waals surface area (Å²) in [6.07, 6.45) is 1.27. The Kier molecular flexibility index (Phi) is 3.36. The molecule has 1 aliphatic carbocycles. The first-order chi connectivity index (χ1) is 3.38.